The maximum absolute atomic E-state index is 11.7. The fraction of sp³-hybridized carbons (Fsp3) is 0.300. The summed E-state index contributed by atoms with van der Waals surface area (Å²) in [6.45, 7) is 6.17. The minimum absolute atomic E-state index is 0.0780. The van der Waals surface area contributed by atoms with Crippen molar-refractivity contribution in [2.45, 2.75) is 39.4 Å². The summed E-state index contributed by atoms with van der Waals surface area (Å²) in [5, 5.41) is 9.82. The summed E-state index contributed by atoms with van der Waals surface area (Å²) in [5.41, 5.74) is 8.55. The van der Waals surface area contributed by atoms with E-state index in [-0.39, 0.29) is 18.1 Å². The fourth-order valence-electron chi connectivity index (χ4n) is 2.50. The van der Waals surface area contributed by atoms with E-state index in [0.29, 0.717) is 28.2 Å². The van der Waals surface area contributed by atoms with Crippen LogP contribution in [-0.2, 0) is 6.54 Å². The topological polar surface area (TPSA) is 91.5 Å². The number of urea groups is 1. The molecule has 0 aliphatic rings. The quantitative estimate of drug-likeness (QED) is 0.402. The Bertz CT molecular complexity index is 837. The summed E-state index contributed by atoms with van der Waals surface area (Å²) in [7, 11) is 0. The van der Waals surface area contributed by atoms with Crippen LogP contribution in [0.3, 0.4) is 0 Å². The monoisotopic (exact) mass is 421 g/mol. The van der Waals surface area contributed by atoms with Crippen molar-refractivity contribution in [3.8, 4) is 0 Å². The lowest BCUT2D eigenvalue weighted by molar-refractivity contribution is 0.250. The molecule has 0 aliphatic heterocycles. The van der Waals surface area contributed by atoms with Crippen LogP contribution < -0.4 is 21.7 Å². The standard InChI is InChI=1S/C20H25Cl2N5O/c1-12(2)25-20(28)27-16-7-4-14(5-8-16)11-24-19(23)26-13(3)17-9-6-15(21)10-18(17)22/h4-10,12-13H,11H2,1-3H3,(H3,23,24,26)(H2,25,27,28). The number of nitrogens with one attached hydrogen (secondary N) is 3. The summed E-state index contributed by atoms with van der Waals surface area (Å²) >= 11 is 12.1. The number of carbonyl (C=O) groups excluding carboxylic acids is 1. The van der Waals surface area contributed by atoms with Crippen molar-refractivity contribution in [3.05, 3.63) is 63.6 Å². The van der Waals surface area contributed by atoms with Gasteiger partial charge in [0.15, 0.2) is 5.96 Å². The predicted molar refractivity (Wildman–Crippen MR) is 117 cm³/mol. The van der Waals surface area contributed by atoms with E-state index in [2.05, 4.69) is 20.9 Å². The van der Waals surface area contributed by atoms with Crippen LogP contribution in [0.15, 0.2) is 47.5 Å². The van der Waals surface area contributed by atoms with Crippen molar-refractivity contribution in [1.82, 2.24) is 10.6 Å². The van der Waals surface area contributed by atoms with E-state index in [1.54, 1.807) is 12.1 Å². The van der Waals surface area contributed by atoms with Crippen LogP contribution in [0.25, 0.3) is 0 Å². The number of halogens is 2. The maximum Gasteiger partial charge on any atom is 0.319 e. The smallest absolute Gasteiger partial charge is 0.319 e. The first-order chi connectivity index (χ1) is 13.2. The highest BCUT2D eigenvalue weighted by Crippen LogP contribution is 2.25. The number of carbonyl (C=O) groups is 1. The molecule has 0 heterocycles. The number of amides is 2. The molecule has 0 aliphatic carbocycles. The number of nitrogens with two attached hydrogens (primary N) is 1. The molecular formula is C20H25Cl2N5O. The van der Waals surface area contributed by atoms with Gasteiger partial charge in [0.2, 0.25) is 0 Å². The molecule has 2 amide bonds. The summed E-state index contributed by atoms with van der Waals surface area (Å²) in [6.07, 6.45) is 0. The molecule has 0 fully saturated rings. The van der Waals surface area contributed by atoms with Gasteiger partial charge in [-0.2, -0.15) is 0 Å². The molecule has 2 aromatic carbocycles. The zero-order valence-corrected chi connectivity index (χ0v) is 17.6. The third kappa shape index (κ3) is 6.94. The Labute approximate surface area is 175 Å². The van der Waals surface area contributed by atoms with Crippen LogP contribution >= 0.6 is 23.2 Å². The Balaban J connectivity index is 1.90. The van der Waals surface area contributed by atoms with Crippen LogP contribution in [0.1, 0.15) is 37.9 Å². The molecule has 0 spiro atoms. The number of anilines is 1. The van der Waals surface area contributed by atoms with E-state index in [1.807, 2.05) is 51.1 Å². The van der Waals surface area contributed by atoms with E-state index >= 15 is 0 Å². The van der Waals surface area contributed by atoms with E-state index < -0.39 is 0 Å². The van der Waals surface area contributed by atoms with Gasteiger partial charge < -0.3 is 21.7 Å². The molecule has 1 atom stereocenters. The molecule has 0 radical (unpaired) electrons. The molecule has 5 N–H and O–H groups in total. The van der Waals surface area contributed by atoms with E-state index in [4.69, 9.17) is 28.9 Å². The summed E-state index contributed by atoms with van der Waals surface area (Å²) in [5.74, 6) is 0.317. The lowest BCUT2D eigenvalue weighted by Crippen LogP contribution is -2.34. The van der Waals surface area contributed by atoms with Crippen molar-refractivity contribution in [1.29, 1.82) is 0 Å². The van der Waals surface area contributed by atoms with Gasteiger partial charge in [0.25, 0.3) is 0 Å². The molecule has 2 rings (SSSR count). The van der Waals surface area contributed by atoms with Crippen molar-refractivity contribution in [2.75, 3.05) is 5.32 Å². The molecule has 2 aromatic rings. The number of hydrogen-bond donors (Lipinski definition) is 4. The fourth-order valence-corrected chi connectivity index (χ4v) is 3.07. The Morgan fingerprint density at radius 2 is 1.75 bits per heavy atom. The number of rotatable bonds is 6. The van der Waals surface area contributed by atoms with Gasteiger partial charge in [-0.3, -0.25) is 0 Å². The molecule has 28 heavy (non-hydrogen) atoms. The molecular weight excluding hydrogens is 397 g/mol. The molecule has 8 heteroatoms. The number of hydrogen-bond acceptors (Lipinski definition) is 2. The highest BCUT2D eigenvalue weighted by Gasteiger charge is 2.10. The number of guanidine groups is 1. The molecule has 0 saturated heterocycles. The van der Waals surface area contributed by atoms with Crippen molar-refractivity contribution < 1.29 is 4.79 Å². The van der Waals surface area contributed by atoms with Crippen molar-refractivity contribution in [3.63, 3.8) is 0 Å². The minimum atomic E-state index is -0.232. The average molecular weight is 422 g/mol. The first-order valence-electron chi connectivity index (χ1n) is 8.92. The first-order valence-corrected chi connectivity index (χ1v) is 9.68. The minimum Gasteiger partial charge on any atom is -0.370 e. The number of nitrogens with zero attached hydrogens (tertiary/aromatic N) is 1. The van der Waals surface area contributed by atoms with Gasteiger partial charge in [-0.15, -0.1) is 0 Å². The Morgan fingerprint density at radius 3 is 2.36 bits per heavy atom. The first kappa shape index (κ1) is 21.9. The summed E-state index contributed by atoms with van der Waals surface area (Å²) < 4.78 is 0. The third-order valence-electron chi connectivity index (χ3n) is 3.86. The predicted octanol–water partition coefficient (Wildman–Crippen LogP) is 4.69. The lowest BCUT2D eigenvalue weighted by atomic mass is 10.1. The largest absolute Gasteiger partial charge is 0.370 e. The van der Waals surface area contributed by atoms with Crippen LogP contribution in [0.2, 0.25) is 10.0 Å². The molecule has 1 unspecified atom stereocenters. The normalized spacial score (nSPS) is 12.6. The summed E-state index contributed by atoms with van der Waals surface area (Å²) in [6, 6.07) is 12.5. The number of benzene rings is 2. The highest BCUT2D eigenvalue weighted by atomic mass is 35.5. The lowest BCUT2D eigenvalue weighted by Gasteiger charge is -2.16. The Hall–Kier alpha value is -2.44. The Morgan fingerprint density at radius 1 is 1.07 bits per heavy atom. The van der Waals surface area contributed by atoms with Crippen LogP contribution in [0, 0.1) is 0 Å². The van der Waals surface area contributed by atoms with Gasteiger partial charge in [0.05, 0.1) is 12.6 Å². The number of aliphatic imine (C=N–C) groups is 1. The van der Waals surface area contributed by atoms with E-state index in [9.17, 15) is 4.79 Å². The Kier molecular flexibility index (Phi) is 7.96. The summed E-state index contributed by atoms with van der Waals surface area (Å²) in [4.78, 5) is 16.1. The second kappa shape index (κ2) is 10.2. The van der Waals surface area contributed by atoms with E-state index in [1.165, 1.54) is 0 Å². The van der Waals surface area contributed by atoms with Crippen LogP contribution in [0.4, 0.5) is 10.5 Å². The average Bonchev–Trinajstić information content (AvgIpc) is 2.60. The van der Waals surface area contributed by atoms with Crippen molar-refractivity contribution >= 4 is 40.9 Å². The van der Waals surface area contributed by atoms with Gasteiger partial charge in [-0.05, 0) is 56.2 Å². The van der Waals surface area contributed by atoms with Crippen molar-refractivity contribution in [2.24, 2.45) is 10.7 Å². The van der Waals surface area contributed by atoms with Crippen LogP contribution in [0.5, 0.6) is 0 Å². The molecule has 0 bridgehead atoms. The second-order valence-electron chi connectivity index (χ2n) is 6.68. The third-order valence-corrected chi connectivity index (χ3v) is 4.42. The van der Waals surface area contributed by atoms with Crippen LogP contribution in [-0.4, -0.2) is 18.0 Å². The van der Waals surface area contributed by atoms with Gasteiger partial charge in [0.1, 0.15) is 0 Å². The highest BCUT2D eigenvalue weighted by molar-refractivity contribution is 6.35. The molecule has 0 aromatic heterocycles. The van der Waals surface area contributed by atoms with E-state index in [0.717, 1.165) is 11.1 Å². The van der Waals surface area contributed by atoms with Gasteiger partial charge in [-0.25, -0.2) is 9.79 Å². The van der Waals surface area contributed by atoms with Gasteiger partial charge >= 0.3 is 6.03 Å². The van der Waals surface area contributed by atoms with Gasteiger partial charge in [-0.1, -0.05) is 41.4 Å². The maximum atomic E-state index is 11.7. The molecule has 6 nitrogen and oxygen atoms in total. The second-order valence-corrected chi connectivity index (χ2v) is 7.53. The molecule has 0 saturated carbocycles. The SMILES string of the molecule is CC(C)NC(=O)Nc1ccc(CN=C(N)NC(C)c2ccc(Cl)cc2Cl)cc1. The zero-order valence-electron chi connectivity index (χ0n) is 16.1. The zero-order chi connectivity index (χ0) is 20.7. The van der Waals surface area contributed by atoms with Gasteiger partial charge in [0, 0.05) is 21.8 Å². The molecule has 150 valence electrons.